The van der Waals surface area contributed by atoms with Crippen molar-refractivity contribution in [3.63, 3.8) is 0 Å². The maximum atomic E-state index is 13.9. The first-order valence-corrected chi connectivity index (χ1v) is 7.23. The van der Waals surface area contributed by atoms with Crippen LogP contribution in [0.25, 0.3) is 0 Å². The van der Waals surface area contributed by atoms with Gasteiger partial charge in [-0.1, -0.05) is 6.42 Å². The molecule has 0 saturated carbocycles. The van der Waals surface area contributed by atoms with Gasteiger partial charge in [0.25, 0.3) is 5.91 Å². The second-order valence-electron chi connectivity index (χ2n) is 5.68. The van der Waals surface area contributed by atoms with Crippen molar-refractivity contribution in [2.75, 3.05) is 31.9 Å². The summed E-state index contributed by atoms with van der Waals surface area (Å²) < 4.78 is 13.9. The Morgan fingerprint density at radius 2 is 2.10 bits per heavy atom. The lowest BCUT2D eigenvalue weighted by Gasteiger charge is -2.44. The predicted octanol–water partition coefficient (Wildman–Crippen LogP) is 1.72. The van der Waals surface area contributed by atoms with E-state index in [1.807, 2.05) is 0 Å². The monoisotopic (exact) mass is 277 g/mol. The molecule has 0 aromatic heterocycles. The first-order chi connectivity index (χ1) is 9.65. The molecule has 0 radical (unpaired) electrons. The van der Waals surface area contributed by atoms with Crippen LogP contribution < -0.4 is 5.73 Å². The Morgan fingerprint density at radius 1 is 1.25 bits per heavy atom. The van der Waals surface area contributed by atoms with Gasteiger partial charge >= 0.3 is 0 Å². The quantitative estimate of drug-likeness (QED) is 0.795. The lowest BCUT2D eigenvalue weighted by molar-refractivity contribution is 0.0369. The molecule has 0 aliphatic carbocycles. The normalized spacial score (nSPS) is 23.4. The molecule has 1 aromatic rings. The van der Waals surface area contributed by atoms with Crippen LogP contribution in [-0.4, -0.2) is 47.9 Å². The van der Waals surface area contributed by atoms with Gasteiger partial charge in [-0.3, -0.25) is 9.69 Å². The largest absolute Gasteiger partial charge is 0.399 e. The van der Waals surface area contributed by atoms with Crippen LogP contribution in [0.15, 0.2) is 18.2 Å². The number of nitrogen functional groups attached to an aromatic ring is 1. The van der Waals surface area contributed by atoms with Gasteiger partial charge < -0.3 is 10.6 Å². The number of hydrogen-bond acceptors (Lipinski definition) is 3. The zero-order valence-corrected chi connectivity index (χ0v) is 11.5. The average Bonchev–Trinajstić information content (AvgIpc) is 2.46. The standard InChI is InChI=1S/C15H20FN3O/c16-14-9-11(17)4-5-13(14)15(20)19-8-7-18-6-2-1-3-12(18)10-19/h4-5,9,12H,1-3,6-8,10,17H2. The van der Waals surface area contributed by atoms with Crippen molar-refractivity contribution in [2.24, 2.45) is 0 Å². The van der Waals surface area contributed by atoms with Crippen LogP contribution >= 0.6 is 0 Å². The number of nitrogens with zero attached hydrogens (tertiary/aromatic N) is 2. The van der Waals surface area contributed by atoms with Crippen LogP contribution in [0.5, 0.6) is 0 Å². The van der Waals surface area contributed by atoms with Gasteiger partial charge in [0.05, 0.1) is 5.56 Å². The third-order valence-corrected chi connectivity index (χ3v) is 4.35. The first-order valence-electron chi connectivity index (χ1n) is 7.23. The highest BCUT2D eigenvalue weighted by molar-refractivity contribution is 5.95. The number of hydrogen-bond donors (Lipinski definition) is 1. The van der Waals surface area contributed by atoms with E-state index in [2.05, 4.69) is 4.90 Å². The van der Waals surface area contributed by atoms with E-state index < -0.39 is 5.82 Å². The fraction of sp³-hybridized carbons (Fsp3) is 0.533. The van der Waals surface area contributed by atoms with Crippen LogP contribution in [-0.2, 0) is 0 Å². The average molecular weight is 277 g/mol. The van der Waals surface area contributed by atoms with Crippen molar-refractivity contribution in [1.29, 1.82) is 0 Å². The SMILES string of the molecule is Nc1ccc(C(=O)N2CCN3CCCCC3C2)c(F)c1. The predicted molar refractivity (Wildman–Crippen MR) is 75.9 cm³/mol. The van der Waals surface area contributed by atoms with Crippen molar-refractivity contribution in [2.45, 2.75) is 25.3 Å². The van der Waals surface area contributed by atoms with Crippen molar-refractivity contribution in [1.82, 2.24) is 9.80 Å². The fourth-order valence-corrected chi connectivity index (χ4v) is 3.22. The molecule has 3 rings (SSSR count). The van der Waals surface area contributed by atoms with E-state index in [-0.39, 0.29) is 11.5 Å². The smallest absolute Gasteiger partial charge is 0.256 e. The Labute approximate surface area is 118 Å². The molecule has 2 N–H and O–H groups in total. The molecule has 0 bridgehead atoms. The molecule has 20 heavy (non-hydrogen) atoms. The summed E-state index contributed by atoms with van der Waals surface area (Å²) in [5.74, 6) is -0.742. The minimum absolute atomic E-state index is 0.128. The van der Waals surface area contributed by atoms with E-state index in [1.165, 1.54) is 25.0 Å². The summed E-state index contributed by atoms with van der Waals surface area (Å²) in [5, 5.41) is 0. The van der Waals surface area contributed by atoms with E-state index in [0.717, 1.165) is 19.5 Å². The molecular weight excluding hydrogens is 257 g/mol. The molecule has 2 aliphatic heterocycles. The van der Waals surface area contributed by atoms with Crippen molar-refractivity contribution >= 4 is 11.6 Å². The Bertz CT molecular complexity index is 520. The molecule has 1 unspecified atom stereocenters. The molecule has 2 saturated heterocycles. The summed E-state index contributed by atoms with van der Waals surface area (Å²) in [4.78, 5) is 16.7. The van der Waals surface area contributed by atoms with Gasteiger partial charge in [-0.15, -0.1) is 0 Å². The molecular formula is C15H20FN3O. The van der Waals surface area contributed by atoms with Gasteiger partial charge in [0.1, 0.15) is 5.82 Å². The molecule has 2 fully saturated rings. The molecule has 2 heterocycles. The van der Waals surface area contributed by atoms with Gasteiger partial charge in [0, 0.05) is 31.4 Å². The van der Waals surface area contributed by atoms with Gasteiger partial charge in [0.15, 0.2) is 0 Å². The van der Waals surface area contributed by atoms with Crippen LogP contribution in [0.4, 0.5) is 10.1 Å². The van der Waals surface area contributed by atoms with Crippen molar-refractivity contribution in [3.05, 3.63) is 29.6 Å². The highest BCUT2D eigenvalue weighted by Gasteiger charge is 2.32. The number of fused-ring (bicyclic) bond motifs is 1. The van der Waals surface area contributed by atoms with Crippen LogP contribution in [0.3, 0.4) is 0 Å². The van der Waals surface area contributed by atoms with E-state index in [0.29, 0.717) is 24.8 Å². The van der Waals surface area contributed by atoms with Gasteiger partial charge in [-0.05, 0) is 37.6 Å². The zero-order chi connectivity index (χ0) is 14.1. The summed E-state index contributed by atoms with van der Waals surface area (Å²) in [6, 6.07) is 4.72. The molecule has 108 valence electrons. The molecule has 1 amide bonds. The number of piperidine rings is 1. The van der Waals surface area contributed by atoms with E-state index in [9.17, 15) is 9.18 Å². The van der Waals surface area contributed by atoms with E-state index in [4.69, 9.17) is 5.73 Å². The number of carbonyl (C=O) groups excluding carboxylic acids is 1. The molecule has 4 nitrogen and oxygen atoms in total. The van der Waals surface area contributed by atoms with Crippen molar-refractivity contribution < 1.29 is 9.18 Å². The lowest BCUT2D eigenvalue weighted by atomic mass is 9.99. The van der Waals surface area contributed by atoms with E-state index in [1.54, 1.807) is 11.0 Å². The Balaban J connectivity index is 1.74. The third-order valence-electron chi connectivity index (χ3n) is 4.35. The maximum Gasteiger partial charge on any atom is 0.256 e. The van der Waals surface area contributed by atoms with Gasteiger partial charge in [0.2, 0.25) is 0 Å². The minimum Gasteiger partial charge on any atom is -0.399 e. The summed E-state index contributed by atoms with van der Waals surface area (Å²) >= 11 is 0. The molecule has 1 aromatic carbocycles. The van der Waals surface area contributed by atoms with Crippen LogP contribution in [0, 0.1) is 5.82 Å². The number of halogens is 1. The van der Waals surface area contributed by atoms with Gasteiger partial charge in [-0.25, -0.2) is 4.39 Å². The number of nitrogens with two attached hydrogens (primary N) is 1. The van der Waals surface area contributed by atoms with Crippen LogP contribution in [0.2, 0.25) is 0 Å². The Hall–Kier alpha value is -1.62. The number of rotatable bonds is 1. The number of amides is 1. The zero-order valence-electron chi connectivity index (χ0n) is 11.5. The highest BCUT2D eigenvalue weighted by Crippen LogP contribution is 2.23. The number of piperazine rings is 1. The Kier molecular flexibility index (Phi) is 3.61. The highest BCUT2D eigenvalue weighted by atomic mass is 19.1. The fourth-order valence-electron chi connectivity index (χ4n) is 3.22. The maximum absolute atomic E-state index is 13.9. The first kappa shape index (κ1) is 13.4. The lowest BCUT2D eigenvalue weighted by Crippen LogP contribution is -2.56. The summed E-state index contributed by atoms with van der Waals surface area (Å²) in [5.41, 5.74) is 5.99. The molecule has 2 aliphatic rings. The second kappa shape index (κ2) is 5.40. The summed E-state index contributed by atoms with van der Waals surface area (Å²) in [7, 11) is 0. The second-order valence-corrected chi connectivity index (χ2v) is 5.68. The number of carbonyl (C=O) groups is 1. The number of anilines is 1. The topological polar surface area (TPSA) is 49.6 Å². The third kappa shape index (κ3) is 2.50. The summed E-state index contributed by atoms with van der Waals surface area (Å²) in [6.07, 6.45) is 3.60. The number of benzene rings is 1. The van der Waals surface area contributed by atoms with Gasteiger partial charge in [-0.2, -0.15) is 0 Å². The van der Waals surface area contributed by atoms with Crippen molar-refractivity contribution in [3.8, 4) is 0 Å². The molecule has 1 atom stereocenters. The Morgan fingerprint density at radius 3 is 2.90 bits per heavy atom. The summed E-state index contributed by atoms with van der Waals surface area (Å²) in [6.45, 7) is 3.41. The molecule has 0 spiro atoms. The minimum atomic E-state index is -0.527. The molecule has 5 heteroatoms. The van der Waals surface area contributed by atoms with Crippen LogP contribution in [0.1, 0.15) is 29.6 Å². The van der Waals surface area contributed by atoms with E-state index >= 15 is 0 Å².